The van der Waals surface area contributed by atoms with Gasteiger partial charge in [-0.05, 0) is 17.7 Å². The Morgan fingerprint density at radius 3 is 2.61 bits per heavy atom. The number of hydrogen-bond donors (Lipinski definition) is 2. The Bertz CT molecular complexity index is 1010. The van der Waals surface area contributed by atoms with E-state index in [1.807, 2.05) is 18.2 Å². The topological polar surface area (TPSA) is 94.5 Å². The molecule has 0 spiro atoms. The standard InChI is InChI=1S/C19H19ClN6O2/c20-14-11-21-12-17(18(14)25-5-7-26(8-6-25)19(27)28)24-10-13-1-2-15-16(9-13)23-4-3-22-15/h1-4,9,11-12,24H,5-8,10H2,(H,27,28). The van der Waals surface area contributed by atoms with E-state index in [-0.39, 0.29) is 0 Å². The zero-order valence-electron chi connectivity index (χ0n) is 15.0. The summed E-state index contributed by atoms with van der Waals surface area (Å²) in [6.45, 7) is 2.62. The number of fused-ring (bicyclic) bond motifs is 1. The fourth-order valence-corrected chi connectivity index (χ4v) is 3.59. The second kappa shape index (κ2) is 7.85. The van der Waals surface area contributed by atoms with Crippen LogP contribution in [0.3, 0.4) is 0 Å². The molecule has 1 saturated heterocycles. The second-order valence-electron chi connectivity index (χ2n) is 6.51. The molecule has 0 bridgehead atoms. The van der Waals surface area contributed by atoms with Crippen molar-refractivity contribution in [1.29, 1.82) is 0 Å². The first-order chi connectivity index (χ1) is 13.6. The van der Waals surface area contributed by atoms with Crippen LogP contribution in [-0.2, 0) is 6.54 Å². The van der Waals surface area contributed by atoms with Gasteiger partial charge in [-0.1, -0.05) is 17.7 Å². The summed E-state index contributed by atoms with van der Waals surface area (Å²) in [5.74, 6) is 0. The van der Waals surface area contributed by atoms with Gasteiger partial charge in [0.1, 0.15) is 0 Å². The number of carbonyl (C=O) groups is 1. The average molecular weight is 399 g/mol. The van der Waals surface area contributed by atoms with Crippen LogP contribution in [-0.4, -0.2) is 57.2 Å². The number of nitrogens with zero attached hydrogens (tertiary/aromatic N) is 5. The lowest BCUT2D eigenvalue weighted by Gasteiger charge is -2.36. The van der Waals surface area contributed by atoms with Gasteiger partial charge in [0, 0.05) is 51.3 Å². The molecular formula is C19H19ClN6O2. The first kappa shape index (κ1) is 18.2. The van der Waals surface area contributed by atoms with Crippen LogP contribution in [0.2, 0.25) is 5.02 Å². The largest absolute Gasteiger partial charge is 0.465 e. The molecule has 0 aliphatic carbocycles. The number of benzene rings is 1. The Balaban J connectivity index is 1.52. The predicted octanol–water partition coefficient (Wildman–Crippen LogP) is 3.09. The van der Waals surface area contributed by atoms with Crippen molar-refractivity contribution in [3.05, 3.63) is 53.6 Å². The van der Waals surface area contributed by atoms with Crippen molar-refractivity contribution in [2.45, 2.75) is 6.54 Å². The summed E-state index contributed by atoms with van der Waals surface area (Å²) < 4.78 is 0. The minimum Gasteiger partial charge on any atom is -0.465 e. The highest BCUT2D eigenvalue weighted by molar-refractivity contribution is 6.33. The normalized spacial score (nSPS) is 14.3. The van der Waals surface area contributed by atoms with Crippen LogP contribution in [0.5, 0.6) is 0 Å². The number of amides is 1. The predicted molar refractivity (Wildman–Crippen MR) is 108 cm³/mol. The molecular weight excluding hydrogens is 380 g/mol. The molecule has 1 aliphatic heterocycles. The Labute approximate surface area is 166 Å². The number of anilines is 2. The summed E-state index contributed by atoms with van der Waals surface area (Å²) in [4.78, 5) is 27.5. The van der Waals surface area contributed by atoms with Gasteiger partial charge >= 0.3 is 6.09 Å². The average Bonchev–Trinajstić information content (AvgIpc) is 2.72. The number of nitrogens with one attached hydrogen (secondary N) is 1. The SMILES string of the molecule is O=C(O)N1CCN(c2c(Cl)cncc2NCc2ccc3nccnc3c2)CC1. The van der Waals surface area contributed by atoms with Crippen LogP contribution < -0.4 is 10.2 Å². The number of piperazine rings is 1. The highest BCUT2D eigenvalue weighted by Gasteiger charge is 2.24. The van der Waals surface area contributed by atoms with Crippen LogP contribution in [0.15, 0.2) is 43.0 Å². The van der Waals surface area contributed by atoms with Gasteiger partial charge in [-0.2, -0.15) is 0 Å². The Morgan fingerprint density at radius 1 is 1.11 bits per heavy atom. The Hall–Kier alpha value is -3.13. The summed E-state index contributed by atoms with van der Waals surface area (Å²) in [5, 5.41) is 13.1. The van der Waals surface area contributed by atoms with Crippen LogP contribution in [0.25, 0.3) is 11.0 Å². The van der Waals surface area contributed by atoms with E-state index in [1.54, 1.807) is 24.8 Å². The molecule has 2 aromatic heterocycles. The second-order valence-corrected chi connectivity index (χ2v) is 6.91. The lowest BCUT2D eigenvalue weighted by Crippen LogP contribution is -2.48. The molecule has 0 saturated carbocycles. The van der Waals surface area contributed by atoms with Gasteiger partial charge in [-0.25, -0.2) is 4.79 Å². The third kappa shape index (κ3) is 3.77. The van der Waals surface area contributed by atoms with Crippen molar-refractivity contribution in [2.75, 3.05) is 36.4 Å². The minimum atomic E-state index is -0.891. The quantitative estimate of drug-likeness (QED) is 0.697. The van der Waals surface area contributed by atoms with Crippen LogP contribution in [0.1, 0.15) is 5.56 Å². The van der Waals surface area contributed by atoms with E-state index in [0.717, 1.165) is 28.0 Å². The fraction of sp³-hybridized carbons (Fsp3) is 0.263. The first-order valence-electron chi connectivity index (χ1n) is 8.91. The van der Waals surface area contributed by atoms with E-state index in [1.165, 1.54) is 4.90 Å². The Morgan fingerprint density at radius 2 is 1.86 bits per heavy atom. The molecule has 1 aliphatic rings. The summed E-state index contributed by atoms with van der Waals surface area (Å²) in [5.41, 5.74) is 4.43. The van der Waals surface area contributed by atoms with E-state index in [4.69, 9.17) is 16.7 Å². The third-order valence-electron chi connectivity index (χ3n) is 4.76. The van der Waals surface area contributed by atoms with Gasteiger partial charge in [-0.15, -0.1) is 0 Å². The summed E-state index contributed by atoms with van der Waals surface area (Å²) in [6.07, 6.45) is 5.81. The van der Waals surface area contributed by atoms with Gasteiger partial charge in [0.25, 0.3) is 0 Å². The summed E-state index contributed by atoms with van der Waals surface area (Å²) in [7, 11) is 0. The maximum atomic E-state index is 11.1. The van der Waals surface area contributed by atoms with Crippen molar-refractivity contribution in [2.24, 2.45) is 0 Å². The zero-order chi connectivity index (χ0) is 19.5. The molecule has 3 aromatic rings. The molecule has 0 atom stereocenters. The maximum absolute atomic E-state index is 11.1. The molecule has 144 valence electrons. The van der Waals surface area contributed by atoms with E-state index < -0.39 is 6.09 Å². The van der Waals surface area contributed by atoms with E-state index >= 15 is 0 Å². The summed E-state index contributed by atoms with van der Waals surface area (Å²) in [6, 6.07) is 5.95. The van der Waals surface area contributed by atoms with E-state index in [2.05, 4.69) is 25.2 Å². The van der Waals surface area contributed by atoms with Crippen LogP contribution >= 0.6 is 11.6 Å². The number of rotatable bonds is 4. The van der Waals surface area contributed by atoms with Crippen molar-refractivity contribution in [1.82, 2.24) is 19.9 Å². The van der Waals surface area contributed by atoms with E-state index in [9.17, 15) is 4.79 Å². The molecule has 1 amide bonds. The highest BCUT2D eigenvalue weighted by atomic mass is 35.5. The smallest absolute Gasteiger partial charge is 0.407 e. The zero-order valence-corrected chi connectivity index (χ0v) is 15.8. The van der Waals surface area contributed by atoms with Crippen LogP contribution in [0.4, 0.5) is 16.2 Å². The number of carboxylic acid groups (broad SMARTS) is 1. The van der Waals surface area contributed by atoms with Crippen molar-refractivity contribution in [3.8, 4) is 0 Å². The molecule has 28 heavy (non-hydrogen) atoms. The van der Waals surface area contributed by atoms with Crippen molar-refractivity contribution < 1.29 is 9.90 Å². The summed E-state index contributed by atoms with van der Waals surface area (Å²) >= 11 is 6.43. The van der Waals surface area contributed by atoms with Gasteiger partial charge < -0.3 is 20.2 Å². The molecule has 3 heterocycles. The van der Waals surface area contributed by atoms with Crippen molar-refractivity contribution >= 4 is 40.1 Å². The fourth-order valence-electron chi connectivity index (χ4n) is 3.32. The number of pyridine rings is 1. The van der Waals surface area contributed by atoms with Crippen molar-refractivity contribution in [3.63, 3.8) is 0 Å². The highest BCUT2D eigenvalue weighted by Crippen LogP contribution is 2.34. The van der Waals surface area contributed by atoms with Gasteiger partial charge in [-0.3, -0.25) is 15.0 Å². The monoisotopic (exact) mass is 398 g/mol. The molecule has 0 unspecified atom stereocenters. The Kier molecular flexibility index (Phi) is 5.12. The lowest BCUT2D eigenvalue weighted by atomic mass is 10.2. The third-order valence-corrected chi connectivity index (χ3v) is 5.03. The van der Waals surface area contributed by atoms with Gasteiger partial charge in [0.2, 0.25) is 0 Å². The molecule has 9 heteroatoms. The number of aromatic nitrogens is 3. The van der Waals surface area contributed by atoms with Gasteiger partial charge in [0.05, 0.1) is 33.6 Å². The lowest BCUT2D eigenvalue weighted by molar-refractivity contribution is 0.142. The first-order valence-corrected chi connectivity index (χ1v) is 9.29. The van der Waals surface area contributed by atoms with Crippen LogP contribution in [0, 0.1) is 0 Å². The molecule has 4 rings (SSSR count). The van der Waals surface area contributed by atoms with E-state index in [0.29, 0.717) is 37.7 Å². The molecule has 1 fully saturated rings. The number of halogens is 1. The molecule has 2 N–H and O–H groups in total. The minimum absolute atomic E-state index is 0.441. The van der Waals surface area contributed by atoms with Gasteiger partial charge in [0.15, 0.2) is 0 Å². The molecule has 8 nitrogen and oxygen atoms in total. The number of hydrogen-bond acceptors (Lipinski definition) is 6. The maximum Gasteiger partial charge on any atom is 0.407 e. The molecule has 0 radical (unpaired) electrons. The molecule has 1 aromatic carbocycles.